The van der Waals surface area contributed by atoms with Gasteiger partial charge in [0.05, 0.1) is 11.3 Å². The number of aromatic carboxylic acids is 1. The van der Waals surface area contributed by atoms with Gasteiger partial charge in [0.1, 0.15) is 5.82 Å². The zero-order chi connectivity index (χ0) is 13.7. The van der Waals surface area contributed by atoms with Crippen LogP contribution in [-0.2, 0) is 4.79 Å². The van der Waals surface area contributed by atoms with E-state index in [2.05, 4.69) is 5.32 Å². The van der Waals surface area contributed by atoms with Crippen LogP contribution in [0.1, 0.15) is 37.0 Å². The number of carboxylic acid groups (broad SMARTS) is 1. The highest BCUT2D eigenvalue weighted by Crippen LogP contribution is 2.19. The fraction of sp³-hybridized carbons (Fsp3) is 0.385. The van der Waals surface area contributed by atoms with Crippen LogP contribution in [0.15, 0.2) is 18.2 Å². The minimum absolute atomic E-state index is 0.000556. The maximum absolute atomic E-state index is 13.1. The van der Waals surface area contributed by atoms with Gasteiger partial charge in [0.15, 0.2) is 0 Å². The van der Waals surface area contributed by atoms with E-state index in [1.165, 1.54) is 0 Å². The van der Waals surface area contributed by atoms with Gasteiger partial charge in [-0.25, -0.2) is 9.18 Å². The van der Waals surface area contributed by atoms with E-state index >= 15 is 0 Å². The Hall–Kier alpha value is -1.91. The molecule has 0 fully saturated rings. The lowest BCUT2D eigenvalue weighted by Gasteiger charge is -2.14. The van der Waals surface area contributed by atoms with Crippen LogP contribution in [0.5, 0.6) is 0 Å². The summed E-state index contributed by atoms with van der Waals surface area (Å²) in [6.07, 6.45) is 1.31. The fourth-order valence-electron chi connectivity index (χ4n) is 1.70. The quantitative estimate of drug-likeness (QED) is 0.847. The Balaban J connectivity index is 2.99. The van der Waals surface area contributed by atoms with Crippen molar-refractivity contribution >= 4 is 17.6 Å². The molecule has 0 unspecified atom stereocenters. The van der Waals surface area contributed by atoms with Gasteiger partial charge in [0, 0.05) is 5.92 Å². The fourth-order valence-corrected chi connectivity index (χ4v) is 1.70. The lowest BCUT2D eigenvalue weighted by Crippen LogP contribution is -2.23. The number of anilines is 1. The Morgan fingerprint density at radius 2 is 1.94 bits per heavy atom. The molecule has 0 saturated heterocycles. The van der Waals surface area contributed by atoms with Crippen molar-refractivity contribution < 1.29 is 19.1 Å². The normalized spacial score (nSPS) is 10.4. The van der Waals surface area contributed by atoms with Crippen LogP contribution in [0.3, 0.4) is 0 Å². The molecule has 0 aliphatic heterocycles. The van der Waals surface area contributed by atoms with Crippen molar-refractivity contribution in [3.8, 4) is 0 Å². The SMILES string of the molecule is CCC(CC)C(=O)Nc1cc(F)ccc1C(=O)O. The summed E-state index contributed by atoms with van der Waals surface area (Å²) < 4.78 is 13.1. The number of amides is 1. The average molecular weight is 253 g/mol. The molecule has 0 heterocycles. The monoisotopic (exact) mass is 253 g/mol. The van der Waals surface area contributed by atoms with Crippen LogP contribution >= 0.6 is 0 Å². The Labute approximate surface area is 105 Å². The molecule has 0 radical (unpaired) electrons. The minimum Gasteiger partial charge on any atom is -0.478 e. The largest absolute Gasteiger partial charge is 0.478 e. The summed E-state index contributed by atoms with van der Waals surface area (Å²) >= 11 is 0. The first-order valence-corrected chi connectivity index (χ1v) is 5.83. The molecule has 98 valence electrons. The standard InChI is InChI=1S/C13H16FNO3/c1-3-8(4-2)12(16)15-11-7-9(14)5-6-10(11)13(17)18/h5-8H,3-4H2,1-2H3,(H,15,16)(H,17,18). The van der Waals surface area contributed by atoms with E-state index in [1.54, 1.807) is 0 Å². The molecule has 0 atom stereocenters. The molecule has 5 heteroatoms. The molecule has 2 N–H and O–H groups in total. The van der Waals surface area contributed by atoms with Gasteiger partial charge < -0.3 is 10.4 Å². The van der Waals surface area contributed by atoms with Gasteiger partial charge in [-0.1, -0.05) is 13.8 Å². The number of rotatable bonds is 5. The van der Waals surface area contributed by atoms with Crippen LogP contribution < -0.4 is 5.32 Å². The van der Waals surface area contributed by atoms with Crippen molar-refractivity contribution in [1.29, 1.82) is 0 Å². The molecule has 0 aliphatic rings. The second-order valence-electron chi connectivity index (χ2n) is 4.00. The first-order valence-electron chi connectivity index (χ1n) is 5.83. The van der Waals surface area contributed by atoms with Crippen molar-refractivity contribution in [1.82, 2.24) is 0 Å². The van der Waals surface area contributed by atoms with Gasteiger partial charge in [0.2, 0.25) is 5.91 Å². The smallest absolute Gasteiger partial charge is 0.337 e. The van der Waals surface area contributed by atoms with Crippen molar-refractivity contribution in [3.63, 3.8) is 0 Å². The average Bonchev–Trinajstić information content (AvgIpc) is 2.30. The number of hydrogen-bond donors (Lipinski definition) is 2. The summed E-state index contributed by atoms with van der Waals surface area (Å²) in [7, 11) is 0. The van der Waals surface area contributed by atoms with Gasteiger partial charge in [-0.15, -0.1) is 0 Å². The van der Waals surface area contributed by atoms with Crippen molar-refractivity contribution in [2.45, 2.75) is 26.7 Å². The van der Waals surface area contributed by atoms with Gasteiger partial charge in [-0.3, -0.25) is 4.79 Å². The third kappa shape index (κ3) is 3.29. The molecule has 0 saturated carbocycles. The number of hydrogen-bond acceptors (Lipinski definition) is 2. The zero-order valence-electron chi connectivity index (χ0n) is 10.4. The van der Waals surface area contributed by atoms with Crippen LogP contribution in [0.2, 0.25) is 0 Å². The summed E-state index contributed by atoms with van der Waals surface area (Å²) in [5.41, 5.74) is -0.116. The van der Waals surface area contributed by atoms with E-state index in [0.29, 0.717) is 12.8 Å². The van der Waals surface area contributed by atoms with E-state index in [0.717, 1.165) is 18.2 Å². The molecule has 1 aromatic carbocycles. The summed E-state index contributed by atoms with van der Waals surface area (Å²) in [5, 5.41) is 11.4. The van der Waals surface area contributed by atoms with Crippen molar-refractivity contribution in [2.75, 3.05) is 5.32 Å². The topological polar surface area (TPSA) is 66.4 Å². The third-order valence-electron chi connectivity index (χ3n) is 2.83. The summed E-state index contributed by atoms with van der Waals surface area (Å²) in [6, 6.07) is 3.21. The van der Waals surface area contributed by atoms with Gasteiger partial charge in [-0.2, -0.15) is 0 Å². The second kappa shape index (κ2) is 6.14. The number of carboxylic acids is 1. The van der Waals surface area contributed by atoms with Crippen LogP contribution in [0.4, 0.5) is 10.1 Å². The predicted molar refractivity (Wildman–Crippen MR) is 66.1 cm³/mol. The van der Waals surface area contributed by atoms with Gasteiger partial charge in [-0.05, 0) is 31.0 Å². The maximum atomic E-state index is 13.1. The third-order valence-corrected chi connectivity index (χ3v) is 2.83. The Bertz CT molecular complexity index is 456. The van der Waals surface area contributed by atoms with E-state index in [9.17, 15) is 14.0 Å². The molecule has 0 aliphatic carbocycles. The first-order chi connectivity index (χ1) is 8.49. The molecule has 4 nitrogen and oxygen atoms in total. The van der Waals surface area contributed by atoms with Crippen LogP contribution in [0.25, 0.3) is 0 Å². The second-order valence-corrected chi connectivity index (χ2v) is 4.00. The molecule has 0 aromatic heterocycles. The van der Waals surface area contributed by atoms with E-state index in [1.807, 2.05) is 13.8 Å². The summed E-state index contributed by atoms with van der Waals surface area (Å²) in [5.74, 6) is -2.27. The molecule has 1 rings (SSSR count). The lowest BCUT2D eigenvalue weighted by molar-refractivity contribution is -0.120. The highest BCUT2D eigenvalue weighted by molar-refractivity contribution is 6.01. The predicted octanol–water partition coefficient (Wildman–Crippen LogP) is 2.90. The van der Waals surface area contributed by atoms with Crippen molar-refractivity contribution in [2.24, 2.45) is 5.92 Å². The highest BCUT2D eigenvalue weighted by atomic mass is 19.1. The van der Waals surface area contributed by atoms with Crippen LogP contribution in [0, 0.1) is 11.7 Å². The molecule has 0 bridgehead atoms. The first kappa shape index (κ1) is 14.2. The summed E-state index contributed by atoms with van der Waals surface area (Å²) in [6.45, 7) is 3.74. The molecule has 1 aromatic rings. The lowest BCUT2D eigenvalue weighted by atomic mass is 10.0. The Morgan fingerprint density at radius 1 is 1.33 bits per heavy atom. The van der Waals surface area contributed by atoms with E-state index in [4.69, 9.17) is 5.11 Å². The van der Waals surface area contributed by atoms with E-state index < -0.39 is 11.8 Å². The minimum atomic E-state index is -1.20. The van der Waals surface area contributed by atoms with Crippen LogP contribution in [-0.4, -0.2) is 17.0 Å². The maximum Gasteiger partial charge on any atom is 0.337 e. The molecule has 18 heavy (non-hydrogen) atoms. The number of benzene rings is 1. The summed E-state index contributed by atoms with van der Waals surface area (Å²) in [4.78, 5) is 22.8. The zero-order valence-corrected chi connectivity index (χ0v) is 10.4. The molecular weight excluding hydrogens is 237 g/mol. The molecule has 0 spiro atoms. The number of carbonyl (C=O) groups is 2. The Morgan fingerprint density at radius 3 is 2.44 bits per heavy atom. The Kier molecular flexibility index (Phi) is 4.83. The van der Waals surface area contributed by atoms with E-state index in [-0.39, 0.29) is 23.1 Å². The highest BCUT2D eigenvalue weighted by Gasteiger charge is 2.18. The number of nitrogens with one attached hydrogen (secondary N) is 1. The number of halogens is 1. The van der Waals surface area contributed by atoms with Gasteiger partial charge >= 0.3 is 5.97 Å². The molecular formula is C13H16FNO3. The van der Waals surface area contributed by atoms with Gasteiger partial charge in [0.25, 0.3) is 0 Å². The number of carbonyl (C=O) groups excluding carboxylic acids is 1. The molecule has 1 amide bonds. The van der Waals surface area contributed by atoms with Crippen molar-refractivity contribution in [3.05, 3.63) is 29.6 Å².